The lowest BCUT2D eigenvalue weighted by Crippen LogP contribution is -1.99. The van der Waals surface area contributed by atoms with Crippen molar-refractivity contribution < 1.29 is 14.1 Å². The van der Waals surface area contributed by atoms with Crippen LogP contribution in [0, 0.1) is 15.9 Å². The van der Waals surface area contributed by atoms with Crippen LogP contribution in [-0.2, 0) is 6.61 Å². The van der Waals surface area contributed by atoms with Crippen molar-refractivity contribution in [1.82, 2.24) is 0 Å². The fourth-order valence-corrected chi connectivity index (χ4v) is 1.49. The second kappa shape index (κ2) is 7.89. The summed E-state index contributed by atoms with van der Waals surface area (Å²) in [6.07, 6.45) is 0. The Balaban J connectivity index is 0.000000956. The van der Waals surface area contributed by atoms with E-state index in [0.717, 1.165) is 23.8 Å². The van der Waals surface area contributed by atoms with Gasteiger partial charge in [0, 0.05) is 12.1 Å². The number of rotatable bonds is 4. The third kappa shape index (κ3) is 4.35. The number of ether oxygens (including phenoxy) is 1. The second-order valence-electron chi connectivity index (χ2n) is 3.64. The molecule has 0 fully saturated rings. The first-order chi connectivity index (χ1) is 9.66. The van der Waals surface area contributed by atoms with Gasteiger partial charge in [0.2, 0.25) is 0 Å². The van der Waals surface area contributed by atoms with Gasteiger partial charge in [-0.2, -0.15) is 0 Å². The molecule has 0 atom stereocenters. The molecule has 0 bridgehead atoms. The van der Waals surface area contributed by atoms with Crippen LogP contribution in [0.1, 0.15) is 19.4 Å². The second-order valence-corrected chi connectivity index (χ2v) is 3.64. The van der Waals surface area contributed by atoms with E-state index >= 15 is 0 Å². The highest BCUT2D eigenvalue weighted by Gasteiger charge is 2.15. The van der Waals surface area contributed by atoms with Crippen molar-refractivity contribution in [3.63, 3.8) is 0 Å². The molecule has 0 saturated heterocycles. The van der Waals surface area contributed by atoms with E-state index in [0.29, 0.717) is 0 Å². The third-order valence-electron chi connectivity index (χ3n) is 2.36. The molecule has 0 N–H and O–H groups in total. The van der Waals surface area contributed by atoms with E-state index in [1.807, 2.05) is 44.2 Å². The van der Waals surface area contributed by atoms with Crippen molar-refractivity contribution >= 4 is 5.69 Å². The van der Waals surface area contributed by atoms with Gasteiger partial charge >= 0.3 is 5.69 Å². The molecule has 0 amide bonds. The molecule has 20 heavy (non-hydrogen) atoms. The van der Waals surface area contributed by atoms with Gasteiger partial charge in [0.15, 0.2) is 5.75 Å². The fourth-order valence-electron chi connectivity index (χ4n) is 1.49. The Morgan fingerprint density at radius 3 is 2.40 bits per heavy atom. The molecule has 0 aliphatic heterocycles. The average Bonchev–Trinajstić information content (AvgIpc) is 2.48. The van der Waals surface area contributed by atoms with Gasteiger partial charge in [-0.05, 0) is 11.6 Å². The summed E-state index contributed by atoms with van der Waals surface area (Å²) < 4.78 is 18.3. The Kier molecular flexibility index (Phi) is 6.16. The molecule has 0 radical (unpaired) electrons. The first-order valence-corrected chi connectivity index (χ1v) is 6.27. The molecule has 0 heterocycles. The molecule has 4 nitrogen and oxygen atoms in total. The van der Waals surface area contributed by atoms with Crippen molar-refractivity contribution in [2.24, 2.45) is 0 Å². The molecule has 0 unspecified atom stereocenters. The molecule has 0 aliphatic rings. The summed E-state index contributed by atoms with van der Waals surface area (Å²) in [6.45, 7) is 4.16. The zero-order valence-corrected chi connectivity index (χ0v) is 11.4. The SMILES string of the molecule is CC.O=[N+]([O-])c1ccc(F)cc1OCc1ccccc1. The Hall–Kier alpha value is -2.43. The van der Waals surface area contributed by atoms with Crippen LogP contribution in [0.4, 0.5) is 10.1 Å². The topological polar surface area (TPSA) is 52.4 Å². The number of nitrogens with zero attached hydrogens (tertiary/aromatic N) is 1. The Bertz CT molecular complexity index is 558. The van der Waals surface area contributed by atoms with Crippen LogP contribution in [0.2, 0.25) is 0 Å². The minimum Gasteiger partial charge on any atom is -0.482 e. The number of hydrogen-bond acceptors (Lipinski definition) is 3. The Morgan fingerprint density at radius 2 is 1.80 bits per heavy atom. The molecular formula is C15H16FNO3. The number of benzene rings is 2. The van der Waals surface area contributed by atoms with Gasteiger partial charge in [-0.25, -0.2) is 4.39 Å². The molecule has 0 spiro atoms. The van der Waals surface area contributed by atoms with Gasteiger partial charge in [-0.15, -0.1) is 0 Å². The van der Waals surface area contributed by atoms with Crippen molar-refractivity contribution in [3.8, 4) is 5.75 Å². The first kappa shape index (κ1) is 15.6. The molecule has 2 aromatic rings. The van der Waals surface area contributed by atoms with Crippen LogP contribution in [0.3, 0.4) is 0 Å². The maximum absolute atomic E-state index is 13.0. The van der Waals surface area contributed by atoms with E-state index in [-0.39, 0.29) is 18.0 Å². The van der Waals surface area contributed by atoms with E-state index in [2.05, 4.69) is 0 Å². The quantitative estimate of drug-likeness (QED) is 0.617. The maximum Gasteiger partial charge on any atom is 0.311 e. The fraction of sp³-hybridized carbons (Fsp3) is 0.200. The zero-order chi connectivity index (χ0) is 15.0. The molecule has 2 aromatic carbocycles. The summed E-state index contributed by atoms with van der Waals surface area (Å²) in [6, 6.07) is 12.3. The highest BCUT2D eigenvalue weighted by molar-refractivity contribution is 5.46. The minimum absolute atomic E-state index is 0.0659. The summed E-state index contributed by atoms with van der Waals surface area (Å²) in [7, 11) is 0. The smallest absolute Gasteiger partial charge is 0.311 e. The van der Waals surface area contributed by atoms with Gasteiger partial charge in [-0.1, -0.05) is 44.2 Å². The van der Waals surface area contributed by atoms with E-state index in [9.17, 15) is 14.5 Å². The van der Waals surface area contributed by atoms with Crippen LogP contribution in [0.15, 0.2) is 48.5 Å². The van der Waals surface area contributed by atoms with Crippen LogP contribution in [-0.4, -0.2) is 4.92 Å². The molecule has 106 valence electrons. The van der Waals surface area contributed by atoms with Crippen molar-refractivity contribution in [3.05, 3.63) is 70.0 Å². The summed E-state index contributed by atoms with van der Waals surface area (Å²) in [4.78, 5) is 10.2. The van der Waals surface area contributed by atoms with Gasteiger partial charge in [0.25, 0.3) is 0 Å². The summed E-state index contributed by atoms with van der Waals surface area (Å²) in [5.74, 6) is -0.632. The lowest BCUT2D eigenvalue weighted by Gasteiger charge is -2.06. The number of nitro benzene ring substituents is 1. The third-order valence-corrected chi connectivity index (χ3v) is 2.36. The summed E-state index contributed by atoms with van der Waals surface area (Å²) >= 11 is 0. The lowest BCUT2D eigenvalue weighted by molar-refractivity contribution is -0.386. The number of hydrogen-bond donors (Lipinski definition) is 0. The molecule has 2 rings (SSSR count). The number of halogens is 1. The maximum atomic E-state index is 13.0. The predicted molar refractivity (Wildman–Crippen MR) is 75.2 cm³/mol. The Morgan fingerprint density at radius 1 is 1.15 bits per heavy atom. The van der Waals surface area contributed by atoms with Crippen molar-refractivity contribution in [2.45, 2.75) is 20.5 Å². The van der Waals surface area contributed by atoms with Crippen LogP contribution >= 0.6 is 0 Å². The Labute approximate surface area is 117 Å². The highest BCUT2D eigenvalue weighted by atomic mass is 19.1. The normalized spacial score (nSPS) is 9.35. The monoisotopic (exact) mass is 277 g/mol. The van der Waals surface area contributed by atoms with E-state index < -0.39 is 10.7 Å². The first-order valence-electron chi connectivity index (χ1n) is 6.27. The highest BCUT2D eigenvalue weighted by Crippen LogP contribution is 2.28. The predicted octanol–water partition coefficient (Wildman–Crippen LogP) is 4.34. The van der Waals surface area contributed by atoms with Crippen molar-refractivity contribution in [2.75, 3.05) is 0 Å². The van der Waals surface area contributed by atoms with Crippen LogP contribution < -0.4 is 4.74 Å². The number of nitro groups is 1. The molecule has 0 aliphatic carbocycles. The molecular weight excluding hydrogens is 261 g/mol. The molecule has 0 aromatic heterocycles. The minimum atomic E-state index is -0.597. The average molecular weight is 277 g/mol. The standard InChI is InChI=1S/C13H10FNO3.C2H6/c14-11-6-7-12(15(16)17)13(8-11)18-9-10-4-2-1-3-5-10;1-2/h1-8H,9H2;1-2H3. The largest absolute Gasteiger partial charge is 0.482 e. The summed E-state index contributed by atoms with van der Waals surface area (Å²) in [5, 5.41) is 10.7. The molecule has 5 heteroatoms. The summed E-state index contributed by atoms with van der Waals surface area (Å²) in [5.41, 5.74) is 0.614. The van der Waals surface area contributed by atoms with Gasteiger partial charge in [-0.3, -0.25) is 10.1 Å². The van der Waals surface area contributed by atoms with E-state index in [1.54, 1.807) is 0 Å². The lowest BCUT2D eigenvalue weighted by atomic mass is 10.2. The zero-order valence-electron chi connectivity index (χ0n) is 11.4. The van der Waals surface area contributed by atoms with Gasteiger partial charge < -0.3 is 4.74 Å². The van der Waals surface area contributed by atoms with E-state index in [1.165, 1.54) is 0 Å². The van der Waals surface area contributed by atoms with Crippen LogP contribution in [0.5, 0.6) is 5.75 Å². The van der Waals surface area contributed by atoms with Gasteiger partial charge in [0.05, 0.1) is 4.92 Å². The van der Waals surface area contributed by atoms with Crippen LogP contribution in [0.25, 0.3) is 0 Å². The van der Waals surface area contributed by atoms with Gasteiger partial charge in [0.1, 0.15) is 12.4 Å². The van der Waals surface area contributed by atoms with Crippen molar-refractivity contribution in [1.29, 1.82) is 0 Å². The van der Waals surface area contributed by atoms with E-state index in [4.69, 9.17) is 4.74 Å². The molecule has 0 saturated carbocycles.